The van der Waals surface area contributed by atoms with E-state index < -0.39 is 5.91 Å². The number of ether oxygens (including phenoxy) is 2. The van der Waals surface area contributed by atoms with Gasteiger partial charge in [-0.2, -0.15) is 0 Å². The summed E-state index contributed by atoms with van der Waals surface area (Å²) in [6, 6.07) is 10.8. The van der Waals surface area contributed by atoms with Gasteiger partial charge in [0.05, 0.1) is 31.7 Å². The molecule has 1 heterocycles. The van der Waals surface area contributed by atoms with Crippen molar-refractivity contribution in [2.75, 3.05) is 14.2 Å². The number of benzene rings is 2. The quantitative estimate of drug-likeness (QED) is 0.658. The summed E-state index contributed by atoms with van der Waals surface area (Å²) >= 11 is 0. The van der Waals surface area contributed by atoms with Crippen molar-refractivity contribution >= 4 is 22.8 Å². The van der Waals surface area contributed by atoms with Crippen molar-refractivity contribution in [2.24, 2.45) is 7.05 Å². The Bertz CT molecular complexity index is 1020. The van der Waals surface area contributed by atoms with E-state index in [1.54, 1.807) is 12.1 Å². The molecule has 0 aliphatic heterocycles. The number of rotatable bonds is 5. The monoisotopic (exact) mass is 382 g/mol. The molecule has 0 aliphatic carbocycles. The van der Waals surface area contributed by atoms with Crippen LogP contribution in [0.25, 0.3) is 11.0 Å². The van der Waals surface area contributed by atoms with Gasteiger partial charge in [0.2, 0.25) is 5.91 Å². The van der Waals surface area contributed by atoms with E-state index in [9.17, 15) is 9.59 Å². The second-order valence-corrected chi connectivity index (χ2v) is 6.26. The van der Waals surface area contributed by atoms with Gasteiger partial charge in [-0.05, 0) is 31.2 Å². The van der Waals surface area contributed by atoms with E-state index in [1.807, 2.05) is 42.8 Å². The van der Waals surface area contributed by atoms with Crippen molar-refractivity contribution in [3.8, 4) is 11.5 Å². The third-order valence-corrected chi connectivity index (χ3v) is 4.53. The summed E-state index contributed by atoms with van der Waals surface area (Å²) in [5.41, 5.74) is 7.67. The largest absolute Gasteiger partial charge is 0.496 e. The molecule has 8 heteroatoms. The van der Waals surface area contributed by atoms with Gasteiger partial charge in [0.25, 0.3) is 5.91 Å². The highest BCUT2D eigenvalue weighted by molar-refractivity contribution is 5.96. The lowest BCUT2D eigenvalue weighted by Crippen LogP contribution is -2.42. The highest BCUT2D eigenvalue weighted by Gasteiger charge is 2.16. The summed E-state index contributed by atoms with van der Waals surface area (Å²) in [6.07, 6.45) is 0.0337. The highest BCUT2D eigenvalue weighted by atomic mass is 16.5. The molecule has 0 fully saturated rings. The molecule has 1 aromatic heterocycles. The normalized spacial score (nSPS) is 10.6. The minimum Gasteiger partial charge on any atom is -0.496 e. The molecule has 0 unspecified atom stereocenters. The first-order chi connectivity index (χ1) is 13.4. The lowest BCUT2D eigenvalue weighted by atomic mass is 10.1. The van der Waals surface area contributed by atoms with Crippen LogP contribution in [-0.4, -0.2) is 35.6 Å². The fourth-order valence-electron chi connectivity index (χ4n) is 2.96. The average molecular weight is 382 g/mol. The van der Waals surface area contributed by atoms with Gasteiger partial charge in [-0.15, -0.1) is 0 Å². The number of aryl methyl sites for hydroxylation is 1. The summed E-state index contributed by atoms with van der Waals surface area (Å²) in [5, 5.41) is 0. The van der Waals surface area contributed by atoms with Crippen LogP contribution in [0.4, 0.5) is 0 Å². The van der Waals surface area contributed by atoms with Crippen molar-refractivity contribution in [3.05, 3.63) is 53.3 Å². The Balaban J connectivity index is 1.67. The lowest BCUT2D eigenvalue weighted by molar-refractivity contribution is -0.121. The van der Waals surface area contributed by atoms with Crippen molar-refractivity contribution < 1.29 is 19.1 Å². The van der Waals surface area contributed by atoms with E-state index in [2.05, 4.69) is 15.8 Å². The predicted octanol–water partition coefficient (Wildman–Crippen LogP) is 1.90. The Morgan fingerprint density at radius 2 is 1.71 bits per heavy atom. The zero-order valence-electron chi connectivity index (χ0n) is 16.2. The minimum absolute atomic E-state index is 0.0337. The number of aromatic nitrogens is 2. The molecule has 0 aliphatic rings. The molecule has 0 radical (unpaired) electrons. The molecule has 3 aromatic rings. The third kappa shape index (κ3) is 3.75. The van der Waals surface area contributed by atoms with Gasteiger partial charge in [0.15, 0.2) is 0 Å². The molecule has 0 saturated carbocycles. The molecular weight excluding hydrogens is 360 g/mol. The molecule has 28 heavy (non-hydrogen) atoms. The zero-order chi connectivity index (χ0) is 20.3. The summed E-state index contributed by atoms with van der Waals surface area (Å²) in [4.78, 5) is 29.1. The third-order valence-electron chi connectivity index (χ3n) is 4.53. The van der Waals surface area contributed by atoms with Crippen LogP contribution in [0.2, 0.25) is 0 Å². The number of nitrogens with one attached hydrogen (secondary N) is 2. The van der Waals surface area contributed by atoms with Crippen molar-refractivity contribution in [3.63, 3.8) is 0 Å². The topological polar surface area (TPSA) is 94.5 Å². The van der Waals surface area contributed by atoms with Crippen LogP contribution in [0.3, 0.4) is 0 Å². The summed E-state index contributed by atoms with van der Waals surface area (Å²) < 4.78 is 12.4. The number of methoxy groups -OCH3 is 2. The maximum atomic E-state index is 12.4. The lowest BCUT2D eigenvalue weighted by Gasteiger charge is -2.13. The Morgan fingerprint density at radius 3 is 2.32 bits per heavy atom. The molecule has 0 saturated heterocycles. The number of hydrogen-bond acceptors (Lipinski definition) is 5. The maximum absolute atomic E-state index is 12.4. The first-order valence-electron chi connectivity index (χ1n) is 8.66. The van der Waals surface area contributed by atoms with Gasteiger partial charge in [0.1, 0.15) is 17.3 Å². The van der Waals surface area contributed by atoms with Crippen LogP contribution in [0, 0.1) is 6.92 Å². The molecule has 146 valence electrons. The zero-order valence-corrected chi connectivity index (χ0v) is 16.2. The van der Waals surface area contributed by atoms with Crippen LogP contribution in [0.1, 0.15) is 21.7 Å². The second-order valence-electron chi connectivity index (χ2n) is 6.26. The first kappa shape index (κ1) is 19.2. The molecule has 0 atom stereocenters. The van der Waals surface area contributed by atoms with Crippen LogP contribution >= 0.6 is 0 Å². The Morgan fingerprint density at radius 1 is 1.07 bits per heavy atom. The van der Waals surface area contributed by atoms with Crippen molar-refractivity contribution in [1.82, 2.24) is 20.4 Å². The number of para-hydroxylation sites is 2. The van der Waals surface area contributed by atoms with Crippen molar-refractivity contribution in [2.45, 2.75) is 13.3 Å². The summed E-state index contributed by atoms with van der Waals surface area (Å²) in [7, 11) is 4.88. The fourth-order valence-corrected chi connectivity index (χ4v) is 2.96. The van der Waals surface area contributed by atoms with Gasteiger partial charge >= 0.3 is 0 Å². The van der Waals surface area contributed by atoms with Crippen molar-refractivity contribution in [1.29, 1.82) is 0 Å². The molecule has 8 nitrogen and oxygen atoms in total. The summed E-state index contributed by atoms with van der Waals surface area (Å²) in [5.74, 6) is 0.797. The number of hydrogen-bond donors (Lipinski definition) is 2. The standard InChI is InChI=1S/C20H22N4O4/c1-12-16(27-3)9-13(10-17(12)28-4)20(26)23-22-19(25)11-18-21-14-7-5-6-8-15(14)24(18)2/h5-10H,11H2,1-4H3,(H,22,25)(H,23,26). The minimum atomic E-state index is -0.477. The van der Waals surface area contributed by atoms with E-state index in [0.717, 1.165) is 16.6 Å². The van der Waals surface area contributed by atoms with Gasteiger partial charge in [-0.25, -0.2) is 4.98 Å². The first-order valence-corrected chi connectivity index (χ1v) is 8.66. The number of imidazole rings is 1. The second kappa shape index (κ2) is 7.99. The molecule has 0 bridgehead atoms. The Kier molecular flexibility index (Phi) is 5.49. The van der Waals surface area contributed by atoms with Gasteiger partial charge in [-0.3, -0.25) is 20.4 Å². The number of hydrazine groups is 1. The van der Waals surface area contributed by atoms with Crippen LogP contribution in [-0.2, 0) is 18.3 Å². The predicted molar refractivity (Wildman–Crippen MR) is 104 cm³/mol. The molecule has 2 amide bonds. The van der Waals surface area contributed by atoms with Crippen LogP contribution in [0.15, 0.2) is 36.4 Å². The Labute approximate surface area is 162 Å². The number of carbonyl (C=O) groups excluding carboxylic acids is 2. The number of carbonyl (C=O) groups is 2. The Hall–Kier alpha value is -3.55. The number of amides is 2. The molecular formula is C20H22N4O4. The fraction of sp³-hybridized carbons (Fsp3) is 0.250. The number of nitrogens with zero attached hydrogens (tertiary/aromatic N) is 2. The van der Waals surface area contributed by atoms with E-state index in [4.69, 9.17) is 9.47 Å². The van der Waals surface area contributed by atoms with Gasteiger partial charge < -0.3 is 14.0 Å². The molecule has 3 rings (SSSR count). The van der Waals surface area contributed by atoms with Crippen LogP contribution < -0.4 is 20.3 Å². The average Bonchev–Trinajstić information content (AvgIpc) is 3.02. The van der Waals surface area contributed by atoms with E-state index >= 15 is 0 Å². The van der Waals surface area contributed by atoms with Gasteiger partial charge in [0, 0.05) is 18.2 Å². The van der Waals surface area contributed by atoms with E-state index in [-0.39, 0.29) is 12.3 Å². The summed E-state index contributed by atoms with van der Waals surface area (Å²) in [6.45, 7) is 1.83. The smallest absolute Gasteiger partial charge is 0.269 e. The van der Waals surface area contributed by atoms with Gasteiger partial charge in [-0.1, -0.05) is 12.1 Å². The highest BCUT2D eigenvalue weighted by Crippen LogP contribution is 2.29. The van der Waals surface area contributed by atoms with Crippen LogP contribution in [0.5, 0.6) is 11.5 Å². The molecule has 2 N–H and O–H groups in total. The molecule has 2 aromatic carbocycles. The SMILES string of the molecule is COc1cc(C(=O)NNC(=O)Cc2nc3ccccc3n2C)cc(OC)c1C. The number of fused-ring (bicyclic) bond motifs is 1. The molecule has 0 spiro atoms. The van der Waals surface area contributed by atoms with E-state index in [1.165, 1.54) is 14.2 Å². The maximum Gasteiger partial charge on any atom is 0.269 e. The van der Waals surface area contributed by atoms with E-state index in [0.29, 0.717) is 22.9 Å².